The molecule has 3 rings (SSSR count). The van der Waals surface area contributed by atoms with E-state index < -0.39 is 0 Å². The van der Waals surface area contributed by atoms with Crippen LogP contribution in [0.4, 0.5) is 17.5 Å². The molecular weight excluding hydrogens is 376 g/mol. The van der Waals surface area contributed by atoms with Gasteiger partial charge < -0.3 is 10.6 Å². The van der Waals surface area contributed by atoms with E-state index in [-0.39, 0.29) is 0 Å². The van der Waals surface area contributed by atoms with Crippen LogP contribution in [0.15, 0.2) is 65.3 Å². The first-order valence-electron chi connectivity index (χ1n) is 7.03. The van der Waals surface area contributed by atoms with Crippen molar-refractivity contribution >= 4 is 45.0 Å². The quantitative estimate of drug-likeness (QED) is 0.626. The van der Waals surface area contributed by atoms with E-state index in [0.717, 1.165) is 26.6 Å². The van der Waals surface area contributed by atoms with Crippen molar-refractivity contribution in [1.29, 1.82) is 0 Å². The van der Waals surface area contributed by atoms with E-state index in [2.05, 4.69) is 36.5 Å². The molecule has 23 heavy (non-hydrogen) atoms. The van der Waals surface area contributed by atoms with E-state index in [0.29, 0.717) is 12.5 Å². The molecule has 0 aliphatic heterocycles. The van der Waals surface area contributed by atoms with Gasteiger partial charge in [-0.25, -0.2) is 4.98 Å². The average Bonchev–Trinajstić information content (AvgIpc) is 2.54. The summed E-state index contributed by atoms with van der Waals surface area (Å²) in [5.74, 6) is 1.27. The maximum atomic E-state index is 6.15. The van der Waals surface area contributed by atoms with Crippen molar-refractivity contribution in [2.75, 3.05) is 10.6 Å². The largest absolute Gasteiger partial charge is 0.350 e. The minimum absolute atomic E-state index is 0.546. The van der Waals surface area contributed by atoms with E-state index in [1.165, 1.54) is 0 Å². The Balaban J connectivity index is 1.69. The SMILES string of the molecule is Clc1ccccc1CNc1nccc(Nc2cccc(Br)c2)n1. The summed E-state index contributed by atoms with van der Waals surface area (Å²) in [4.78, 5) is 8.68. The predicted molar refractivity (Wildman–Crippen MR) is 98.2 cm³/mol. The molecule has 0 radical (unpaired) electrons. The summed E-state index contributed by atoms with van der Waals surface area (Å²) in [6.07, 6.45) is 1.71. The lowest BCUT2D eigenvalue weighted by atomic mass is 10.2. The topological polar surface area (TPSA) is 49.8 Å². The number of hydrogen-bond acceptors (Lipinski definition) is 4. The van der Waals surface area contributed by atoms with Crippen LogP contribution in [0.5, 0.6) is 0 Å². The molecular formula is C17H14BrClN4. The molecule has 0 bridgehead atoms. The molecule has 0 aliphatic carbocycles. The number of hydrogen-bond donors (Lipinski definition) is 2. The molecule has 0 saturated heterocycles. The minimum Gasteiger partial charge on any atom is -0.350 e. The lowest BCUT2D eigenvalue weighted by molar-refractivity contribution is 1.06. The fourth-order valence-corrected chi connectivity index (χ4v) is 2.65. The van der Waals surface area contributed by atoms with Gasteiger partial charge in [0.05, 0.1) is 0 Å². The summed E-state index contributed by atoms with van der Waals surface area (Å²) >= 11 is 9.60. The fourth-order valence-electron chi connectivity index (χ4n) is 2.04. The molecule has 1 heterocycles. The van der Waals surface area contributed by atoms with Gasteiger partial charge in [-0.2, -0.15) is 4.98 Å². The normalized spacial score (nSPS) is 10.3. The van der Waals surface area contributed by atoms with Crippen LogP contribution in [0.25, 0.3) is 0 Å². The van der Waals surface area contributed by atoms with Crippen molar-refractivity contribution in [3.05, 3.63) is 75.9 Å². The van der Waals surface area contributed by atoms with E-state index in [4.69, 9.17) is 11.6 Å². The van der Waals surface area contributed by atoms with Crippen molar-refractivity contribution in [2.45, 2.75) is 6.54 Å². The molecule has 0 atom stereocenters. The Labute approximate surface area is 148 Å². The Morgan fingerprint density at radius 2 is 1.91 bits per heavy atom. The summed E-state index contributed by atoms with van der Waals surface area (Å²) in [5.41, 5.74) is 1.96. The van der Waals surface area contributed by atoms with Crippen molar-refractivity contribution in [1.82, 2.24) is 9.97 Å². The maximum Gasteiger partial charge on any atom is 0.224 e. The number of nitrogens with zero attached hydrogens (tertiary/aromatic N) is 2. The van der Waals surface area contributed by atoms with Crippen molar-refractivity contribution < 1.29 is 0 Å². The third kappa shape index (κ3) is 4.43. The molecule has 0 amide bonds. The summed E-state index contributed by atoms with van der Waals surface area (Å²) in [6, 6.07) is 17.4. The molecule has 2 aromatic carbocycles. The lowest BCUT2D eigenvalue weighted by Crippen LogP contribution is -2.05. The van der Waals surface area contributed by atoms with Gasteiger partial charge in [0.25, 0.3) is 0 Å². The first-order valence-corrected chi connectivity index (χ1v) is 8.21. The molecule has 4 nitrogen and oxygen atoms in total. The predicted octanol–water partition coefficient (Wildman–Crippen LogP) is 5.25. The molecule has 0 fully saturated rings. The van der Waals surface area contributed by atoms with E-state index in [1.807, 2.05) is 54.6 Å². The summed E-state index contributed by atoms with van der Waals surface area (Å²) in [7, 11) is 0. The van der Waals surface area contributed by atoms with Gasteiger partial charge in [0.1, 0.15) is 5.82 Å². The van der Waals surface area contributed by atoms with Gasteiger partial charge in [0.15, 0.2) is 0 Å². The van der Waals surface area contributed by atoms with Crippen LogP contribution in [0.1, 0.15) is 5.56 Å². The molecule has 116 valence electrons. The first-order chi connectivity index (χ1) is 11.2. The highest BCUT2D eigenvalue weighted by Crippen LogP contribution is 2.20. The molecule has 0 unspecified atom stereocenters. The molecule has 1 aromatic heterocycles. The van der Waals surface area contributed by atoms with Gasteiger partial charge in [-0.3, -0.25) is 0 Å². The molecule has 6 heteroatoms. The number of anilines is 3. The van der Waals surface area contributed by atoms with Gasteiger partial charge in [-0.05, 0) is 35.9 Å². The van der Waals surface area contributed by atoms with Crippen LogP contribution < -0.4 is 10.6 Å². The highest BCUT2D eigenvalue weighted by Gasteiger charge is 2.03. The van der Waals surface area contributed by atoms with Gasteiger partial charge >= 0.3 is 0 Å². The monoisotopic (exact) mass is 388 g/mol. The Morgan fingerprint density at radius 1 is 1.04 bits per heavy atom. The Morgan fingerprint density at radius 3 is 2.74 bits per heavy atom. The Kier molecular flexibility index (Phi) is 5.10. The summed E-state index contributed by atoms with van der Waals surface area (Å²) in [6.45, 7) is 0.569. The molecule has 0 aliphatic rings. The lowest BCUT2D eigenvalue weighted by Gasteiger charge is -2.09. The average molecular weight is 390 g/mol. The number of benzene rings is 2. The fraction of sp³-hybridized carbons (Fsp3) is 0.0588. The summed E-state index contributed by atoms with van der Waals surface area (Å²) < 4.78 is 1.01. The second-order valence-corrected chi connectivity index (χ2v) is 6.17. The summed E-state index contributed by atoms with van der Waals surface area (Å²) in [5, 5.41) is 7.16. The molecule has 2 N–H and O–H groups in total. The van der Waals surface area contributed by atoms with E-state index in [1.54, 1.807) is 6.20 Å². The number of rotatable bonds is 5. The van der Waals surface area contributed by atoms with E-state index in [9.17, 15) is 0 Å². The molecule has 0 saturated carbocycles. The van der Waals surface area contributed by atoms with Gasteiger partial charge in [0.2, 0.25) is 5.95 Å². The number of halogens is 2. The van der Waals surface area contributed by atoms with Crippen LogP contribution in [0.2, 0.25) is 5.02 Å². The first kappa shape index (κ1) is 15.8. The number of nitrogens with one attached hydrogen (secondary N) is 2. The maximum absolute atomic E-state index is 6.15. The van der Waals surface area contributed by atoms with Crippen LogP contribution in [0, 0.1) is 0 Å². The van der Waals surface area contributed by atoms with Crippen molar-refractivity contribution in [2.24, 2.45) is 0 Å². The minimum atomic E-state index is 0.546. The van der Waals surface area contributed by atoms with Gasteiger partial charge in [-0.15, -0.1) is 0 Å². The Hall–Kier alpha value is -2.11. The molecule has 3 aromatic rings. The van der Waals surface area contributed by atoms with Crippen LogP contribution in [0.3, 0.4) is 0 Å². The zero-order valence-electron chi connectivity index (χ0n) is 12.1. The van der Waals surface area contributed by atoms with E-state index >= 15 is 0 Å². The Bertz CT molecular complexity index is 810. The van der Waals surface area contributed by atoms with Crippen LogP contribution in [-0.2, 0) is 6.54 Å². The smallest absolute Gasteiger partial charge is 0.224 e. The van der Waals surface area contributed by atoms with Crippen molar-refractivity contribution in [3.63, 3.8) is 0 Å². The second kappa shape index (κ2) is 7.44. The third-order valence-electron chi connectivity index (χ3n) is 3.15. The zero-order chi connectivity index (χ0) is 16.1. The highest BCUT2D eigenvalue weighted by molar-refractivity contribution is 9.10. The molecule has 0 spiro atoms. The van der Waals surface area contributed by atoms with Gasteiger partial charge in [0, 0.05) is 27.9 Å². The van der Waals surface area contributed by atoms with Gasteiger partial charge in [-0.1, -0.05) is 51.8 Å². The zero-order valence-corrected chi connectivity index (χ0v) is 14.5. The van der Waals surface area contributed by atoms with Crippen molar-refractivity contribution in [3.8, 4) is 0 Å². The number of aromatic nitrogens is 2. The van der Waals surface area contributed by atoms with Crippen LogP contribution >= 0.6 is 27.5 Å². The third-order valence-corrected chi connectivity index (χ3v) is 4.01. The standard InChI is InChI=1S/C17H14BrClN4/c18-13-5-3-6-14(10-13)22-16-8-9-20-17(23-16)21-11-12-4-1-2-7-15(12)19/h1-10H,11H2,(H2,20,21,22,23). The second-order valence-electron chi connectivity index (χ2n) is 4.85. The highest BCUT2D eigenvalue weighted by atomic mass is 79.9. The van der Waals surface area contributed by atoms with Crippen LogP contribution in [-0.4, -0.2) is 9.97 Å².